The lowest BCUT2D eigenvalue weighted by atomic mass is 9.94. The Morgan fingerprint density at radius 2 is 2.11 bits per heavy atom. The number of nitrogens with zero attached hydrogens (tertiary/aromatic N) is 1. The largest absolute Gasteiger partial charge is 0.481 e. The Bertz CT molecular complexity index is 532. The number of carbonyl (C=O) groups excluding carboxylic acids is 1. The number of benzene rings is 1. The zero-order valence-corrected chi connectivity index (χ0v) is 10.7. The van der Waals surface area contributed by atoms with Crippen molar-refractivity contribution in [1.82, 2.24) is 5.32 Å². The van der Waals surface area contributed by atoms with E-state index in [1.54, 1.807) is 18.2 Å². The van der Waals surface area contributed by atoms with Gasteiger partial charge in [-0.25, -0.2) is 4.79 Å². The molecule has 100 valence electrons. The normalized spacial score (nSPS) is 10.4. The fourth-order valence-electron chi connectivity index (χ4n) is 1.22. The number of hydrogen-bond acceptors (Lipinski definition) is 3. The van der Waals surface area contributed by atoms with Crippen LogP contribution in [-0.2, 0) is 4.79 Å². The zero-order chi connectivity index (χ0) is 14.5. The Hall–Kier alpha value is -2.55. The first-order valence-corrected chi connectivity index (χ1v) is 5.63. The van der Waals surface area contributed by atoms with Gasteiger partial charge in [0, 0.05) is 12.2 Å². The van der Waals surface area contributed by atoms with E-state index in [1.165, 1.54) is 19.9 Å². The molecule has 19 heavy (non-hydrogen) atoms. The molecule has 1 aromatic carbocycles. The molecule has 0 spiro atoms. The maximum Gasteiger partial charge on any atom is 0.319 e. The fraction of sp³-hybridized carbons (Fsp3) is 0.308. The summed E-state index contributed by atoms with van der Waals surface area (Å²) in [5, 5.41) is 22.6. The fourth-order valence-corrected chi connectivity index (χ4v) is 1.22. The van der Waals surface area contributed by atoms with Crippen molar-refractivity contribution in [3.8, 4) is 6.07 Å². The summed E-state index contributed by atoms with van der Waals surface area (Å²) in [5.41, 5.74) is -0.125. The number of aliphatic carboxylic acids is 1. The van der Waals surface area contributed by atoms with Crippen molar-refractivity contribution < 1.29 is 14.7 Å². The number of nitriles is 1. The molecule has 0 aliphatic heterocycles. The van der Waals surface area contributed by atoms with Crippen LogP contribution in [0.4, 0.5) is 10.5 Å². The van der Waals surface area contributed by atoms with Gasteiger partial charge in [0.25, 0.3) is 0 Å². The molecular weight excluding hydrogens is 246 g/mol. The van der Waals surface area contributed by atoms with Gasteiger partial charge in [-0.2, -0.15) is 5.26 Å². The third kappa shape index (κ3) is 4.32. The number of urea groups is 1. The molecule has 2 amide bonds. The van der Waals surface area contributed by atoms with E-state index in [2.05, 4.69) is 10.6 Å². The Labute approximate surface area is 111 Å². The monoisotopic (exact) mass is 261 g/mol. The van der Waals surface area contributed by atoms with E-state index in [1.807, 2.05) is 6.07 Å². The van der Waals surface area contributed by atoms with Gasteiger partial charge < -0.3 is 15.7 Å². The minimum Gasteiger partial charge on any atom is -0.481 e. The molecule has 1 rings (SSSR count). The Kier molecular flexibility index (Phi) is 4.48. The molecule has 6 heteroatoms. The van der Waals surface area contributed by atoms with Crippen LogP contribution in [0.25, 0.3) is 0 Å². The van der Waals surface area contributed by atoms with Gasteiger partial charge in [0.05, 0.1) is 17.0 Å². The average molecular weight is 261 g/mol. The summed E-state index contributed by atoms with van der Waals surface area (Å²) >= 11 is 0. The molecule has 0 saturated carbocycles. The van der Waals surface area contributed by atoms with Crippen molar-refractivity contribution in [2.24, 2.45) is 5.41 Å². The standard InChI is InChI=1S/C13H15N3O3/c1-13(2,11(17)18)8-15-12(19)16-10-5-3-4-9(6-10)7-14/h3-6H,8H2,1-2H3,(H,17,18)(H2,15,16,19). The Morgan fingerprint density at radius 3 is 2.68 bits per heavy atom. The van der Waals surface area contributed by atoms with Crippen molar-refractivity contribution in [1.29, 1.82) is 5.26 Å². The first kappa shape index (κ1) is 14.5. The van der Waals surface area contributed by atoms with Crippen molar-refractivity contribution in [2.75, 3.05) is 11.9 Å². The van der Waals surface area contributed by atoms with Crippen LogP contribution in [0.5, 0.6) is 0 Å². The molecule has 3 N–H and O–H groups in total. The first-order valence-electron chi connectivity index (χ1n) is 5.63. The first-order chi connectivity index (χ1) is 8.85. The summed E-state index contributed by atoms with van der Waals surface area (Å²) in [5.74, 6) is -0.987. The summed E-state index contributed by atoms with van der Waals surface area (Å²) in [6.07, 6.45) is 0. The van der Waals surface area contributed by atoms with Gasteiger partial charge in [-0.1, -0.05) is 6.07 Å². The highest BCUT2D eigenvalue weighted by Crippen LogP contribution is 2.13. The molecule has 1 aromatic rings. The second-order valence-corrected chi connectivity index (χ2v) is 4.69. The van der Waals surface area contributed by atoms with Crippen LogP contribution in [0, 0.1) is 16.7 Å². The molecule has 0 heterocycles. The molecule has 0 atom stereocenters. The summed E-state index contributed by atoms with van der Waals surface area (Å²) in [6.45, 7) is 3.05. The van der Waals surface area contributed by atoms with Crippen LogP contribution in [0.2, 0.25) is 0 Å². The van der Waals surface area contributed by atoms with E-state index in [4.69, 9.17) is 10.4 Å². The van der Waals surface area contributed by atoms with Crippen LogP contribution in [-0.4, -0.2) is 23.7 Å². The number of amides is 2. The summed E-state index contributed by atoms with van der Waals surface area (Å²) in [7, 11) is 0. The number of nitrogens with one attached hydrogen (secondary N) is 2. The summed E-state index contributed by atoms with van der Waals surface area (Å²) in [6, 6.07) is 7.89. The lowest BCUT2D eigenvalue weighted by Crippen LogP contribution is -2.40. The quantitative estimate of drug-likeness (QED) is 0.768. The number of carboxylic acids is 1. The smallest absolute Gasteiger partial charge is 0.319 e. The Balaban J connectivity index is 2.57. The number of carboxylic acid groups (broad SMARTS) is 1. The third-order valence-corrected chi connectivity index (χ3v) is 2.52. The molecule has 0 aliphatic carbocycles. The number of carbonyl (C=O) groups is 2. The number of rotatable bonds is 4. The van der Waals surface area contributed by atoms with Crippen LogP contribution in [0.3, 0.4) is 0 Å². The lowest BCUT2D eigenvalue weighted by molar-refractivity contribution is -0.146. The van der Waals surface area contributed by atoms with E-state index in [-0.39, 0.29) is 6.54 Å². The molecule has 0 unspecified atom stereocenters. The molecule has 0 aliphatic rings. The van der Waals surface area contributed by atoms with Crippen molar-refractivity contribution >= 4 is 17.7 Å². The van der Waals surface area contributed by atoms with Crippen molar-refractivity contribution in [2.45, 2.75) is 13.8 Å². The second kappa shape index (κ2) is 5.87. The van der Waals surface area contributed by atoms with Crippen LogP contribution >= 0.6 is 0 Å². The molecule has 0 fully saturated rings. The van der Waals surface area contributed by atoms with Gasteiger partial charge in [0.2, 0.25) is 0 Å². The van der Waals surface area contributed by atoms with E-state index in [0.717, 1.165) is 0 Å². The molecule has 0 radical (unpaired) electrons. The molecule has 6 nitrogen and oxygen atoms in total. The minimum absolute atomic E-state index is 0.00606. The van der Waals surface area contributed by atoms with Crippen molar-refractivity contribution in [3.63, 3.8) is 0 Å². The van der Waals surface area contributed by atoms with Gasteiger partial charge in [-0.15, -0.1) is 0 Å². The second-order valence-electron chi connectivity index (χ2n) is 4.69. The van der Waals surface area contributed by atoms with Gasteiger partial charge >= 0.3 is 12.0 Å². The predicted octanol–water partition coefficient (Wildman–Crippen LogP) is 1.79. The summed E-state index contributed by atoms with van der Waals surface area (Å²) < 4.78 is 0. The van der Waals surface area contributed by atoms with Gasteiger partial charge in [0.1, 0.15) is 0 Å². The van der Waals surface area contributed by atoms with Crippen LogP contribution < -0.4 is 10.6 Å². The maximum absolute atomic E-state index is 11.6. The predicted molar refractivity (Wildman–Crippen MR) is 69.6 cm³/mol. The number of anilines is 1. The van der Waals surface area contributed by atoms with E-state index in [9.17, 15) is 9.59 Å². The third-order valence-electron chi connectivity index (χ3n) is 2.52. The van der Waals surface area contributed by atoms with Crippen molar-refractivity contribution in [3.05, 3.63) is 29.8 Å². The SMILES string of the molecule is CC(C)(CNC(=O)Nc1cccc(C#N)c1)C(=O)O. The topological polar surface area (TPSA) is 102 Å². The van der Waals surface area contributed by atoms with Crippen LogP contribution in [0.15, 0.2) is 24.3 Å². The highest BCUT2D eigenvalue weighted by Gasteiger charge is 2.27. The zero-order valence-electron chi connectivity index (χ0n) is 10.7. The van der Waals surface area contributed by atoms with E-state index >= 15 is 0 Å². The van der Waals surface area contributed by atoms with Gasteiger partial charge in [-0.3, -0.25) is 4.79 Å². The minimum atomic E-state index is -1.04. The van der Waals surface area contributed by atoms with Crippen LogP contribution in [0.1, 0.15) is 19.4 Å². The maximum atomic E-state index is 11.6. The Morgan fingerprint density at radius 1 is 1.42 bits per heavy atom. The molecular formula is C13H15N3O3. The van der Waals surface area contributed by atoms with Gasteiger partial charge in [0.15, 0.2) is 0 Å². The number of hydrogen-bond donors (Lipinski definition) is 3. The molecule has 0 saturated heterocycles. The van der Waals surface area contributed by atoms with E-state index < -0.39 is 17.4 Å². The van der Waals surface area contributed by atoms with E-state index in [0.29, 0.717) is 11.3 Å². The average Bonchev–Trinajstić information content (AvgIpc) is 2.36. The van der Waals surface area contributed by atoms with Gasteiger partial charge in [-0.05, 0) is 32.0 Å². The molecule has 0 bridgehead atoms. The molecule has 0 aromatic heterocycles. The summed E-state index contributed by atoms with van der Waals surface area (Å²) in [4.78, 5) is 22.5. The highest BCUT2D eigenvalue weighted by molar-refractivity contribution is 5.89. The highest BCUT2D eigenvalue weighted by atomic mass is 16.4. The lowest BCUT2D eigenvalue weighted by Gasteiger charge is -2.19.